The molecule has 3 aromatic carbocycles. The lowest BCUT2D eigenvalue weighted by molar-refractivity contribution is -0.152. The molecule has 0 atom stereocenters. The van der Waals surface area contributed by atoms with E-state index in [-0.39, 0.29) is 44.8 Å². The highest BCUT2D eigenvalue weighted by molar-refractivity contribution is 5.92. The highest BCUT2D eigenvalue weighted by Gasteiger charge is 2.39. The van der Waals surface area contributed by atoms with Crippen molar-refractivity contribution < 1.29 is 36.6 Å². The lowest BCUT2D eigenvalue weighted by Gasteiger charge is -2.18. The van der Waals surface area contributed by atoms with Crippen molar-refractivity contribution in [3.05, 3.63) is 87.8 Å². The van der Waals surface area contributed by atoms with Crippen LogP contribution in [0.3, 0.4) is 0 Å². The minimum Gasteiger partial charge on any atom is -0.493 e. The van der Waals surface area contributed by atoms with Crippen molar-refractivity contribution in [2.24, 2.45) is 0 Å². The summed E-state index contributed by atoms with van der Waals surface area (Å²) in [6, 6.07) is 14.5. The third-order valence-corrected chi connectivity index (χ3v) is 5.99. The number of hydrogen-bond donors (Lipinski definition) is 0. The maximum atomic E-state index is 14.0. The number of hydrogen-bond acceptors (Lipinski definition) is 6. The minimum absolute atomic E-state index is 0.0557. The maximum absolute atomic E-state index is 14.0. The molecule has 198 valence electrons. The Hall–Kier alpha value is -4.27. The SMILES string of the molecule is COc1ccc(-c2c(C(F)(F)F)oc3cc(OC(=O)c4ccc(C(C)(C)C)cc4)ccc3c2=O)cc1OC. The monoisotopic (exact) mass is 526 g/mol. The fourth-order valence-corrected chi connectivity index (χ4v) is 3.96. The van der Waals surface area contributed by atoms with Crippen molar-refractivity contribution in [1.29, 1.82) is 0 Å². The Morgan fingerprint density at radius 2 is 1.50 bits per heavy atom. The van der Waals surface area contributed by atoms with Crippen molar-refractivity contribution in [3.8, 4) is 28.4 Å². The second kappa shape index (κ2) is 9.89. The van der Waals surface area contributed by atoms with E-state index in [0.717, 1.165) is 11.6 Å². The van der Waals surface area contributed by atoms with E-state index in [2.05, 4.69) is 0 Å². The van der Waals surface area contributed by atoms with Gasteiger partial charge in [0.2, 0.25) is 11.2 Å². The standard InChI is InChI=1S/C29H25F3O6/c1-28(2,3)18-9-6-16(7-10-18)27(34)37-19-11-12-20-22(15-19)38-26(29(30,31)32)24(25(20)33)17-8-13-21(35-4)23(14-17)36-5/h6-15H,1-5H3. The van der Waals surface area contributed by atoms with Gasteiger partial charge in [0.15, 0.2) is 11.5 Å². The minimum atomic E-state index is -4.99. The second-order valence-electron chi connectivity index (χ2n) is 9.58. The molecule has 0 radical (unpaired) electrons. The van der Waals surface area contributed by atoms with Crippen LogP contribution in [0.15, 0.2) is 69.9 Å². The van der Waals surface area contributed by atoms with E-state index >= 15 is 0 Å². The highest BCUT2D eigenvalue weighted by atomic mass is 19.4. The van der Waals surface area contributed by atoms with Crippen molar-refractivity contribution in [2.45, 2.75) is 32.4 Å². The van der Waals surface area contributed by atoms with E-state index in [1.807, 2.05) is 20.8 Å². The quantitative estimate of drug-likeness (QED) is 0.206. The van der Waals surface area contributed by atoms with Crippen molar-refractivity contribution in [3.63, 3.8) is 0 Å². The number of fused-ring (bicyclic) bond motifs is 1. The summed E-state index contributed by atoms with van der Waals surface area (Å²) < 4.78 is 63.0. The summed E-state index contributed by atoms with van der Waals surface area (Å²) in [6.07, 6.45) is -4.99. The van der Waals surface area contributed by atoms with Gasteiger partial charge >= 0.3 is 12.1 Å². The molecule has 0 aliphatic carbocycles. The molecule has 0 fully saturated rings. The normalized spacial score (nSPS) is 11.9. The van der Waals surface area contributed by atoms with Crippen molar-refractivity contribution in [2.75, 3.05) is 14.2 Å². The summed E-state index contributed by atoms with van der Waals surface area (Å²) in [4.78, 5) is 25.9. The Morgan fingerprint density at radius 3 is 2.08 bits per heavy atom. The van der Waals surface area contributed by atoms with Crippen molar-refractivity contribution in [1.82, 2.24) is 0 Å². The van der Waals surface area contributed by atoms with E-state index in [4.69, 9.17) is 18.6 Å². The number of carbonyl (C=O) groups is 1. The summed E-state index contributed by atoms with van der Waals surface area (Å²) in [6.45, 7) is 6.11. The topological polar surface area (TPSA) is 75.0 Å². The van der Waals surface area contributed by atoms with Gasteiger partial charge in [-0.25, -0.2) is 4.79 Å². The highest BCUT2D eigenvalue weighted by Crippen LogP contribution is 2.40. The Bertz CT molecular complexity index is 1560. The molecule has 1 aromatic heterocycles. The first-order valence-electron chi connectivity index (χ1n) is 11.6. The number of alkyl halides is 3. The molecule has 0 saturated carbocycles. The number of rotatable bonds is 5. The van der Waals surface area contributed by atoms with Crippen LogP contribution in [0.1, 0.15) is 42.5 Å². The van der Waals surface area contributed by atoms with Gasteiger partial charge in [0.1, 0.15) is 11.3 Å². The van der Waals surface area contributed by atoms with Crippen LogP contribution in [-0.4, -0.2) is 20.2 Å². The predicted octanol–water partition coefficient (Wildman–Crippen LogP) is 7.01. The summed E-state index contributed by atoms with van der Waals surface area (Å²) in [5.74, 6) is -1.82. The molecule has 0 aliphatic heterocycles. The van der Waals surface area contributed by atoms with Gasteiger partial charge < -0.3 is 18.6 Å². The Morgan fingerprint density at radius 1 is 0.842 bits per heavy atom. The lowest BCUT2D eigenvalue weighted by atomic mass is 9.87. The van der Waals surface area contributed by atoms with Gasteiger partial charge in [-0.15, -0.1) is 0 Å². The molecule has 1 heterocycles. The molecule has 4 aromatic rings. The van der Waals surface area contributed by atoms with Gasteiger partial charge in [0.05, 0.1) is 30.7 Å². The first-order chi connectivity index (χ1) is 17.8. The van der Waals surface area contributed by atoms with Crippen molar-refractivity contribution >= 4 is 16.9 Å². The summed E-state index contributed by atoms with van der Waals surface area (Å²) in [5, 5.41) is -0.114. The van der Waals surface area contributed by atoms with Gasteiger partial charge in [-0.3, -0.25) is 4.79 Å². The van der Waals surface area contributed by atoms with E-state index in [1.54, 1.807) is 24.3 Å². The van der Waals surface area contributed by atoms with E-state index in [0.29, 0.717) is 0 Å². The molecule has 0 N–H and O–H groups in total. The fraction of sp³-hybridized carbons (Fsp3) is 0.241. The van der Waals surface area contributed by atoms with Gasteiger partial charge in [0, 0.05) is 6.07 Å². The smallest absolute Gasteiger partial charge is 0.450 e. The number of halogens is 3. The van der Waals surface area contributed by atoms with Gasteiger partial charge in [-0.05, 0) is 52.9 Å². The molecule has 9 heteroatoms. The molecule has 0 bridgehead atoms. The van der Waals surface area contributed by atoms with Gasteiger partial charge in [-0.1, -0.05) is 39.0 Å². The van der Waals surface area contributed by atoms with Crippen LogP contribution >= 0.6 is 0 Å². The van der Waals surface area contributed by atoms with Crippen LogP contribution in [0.25, 0.3) is 22.1 Å². The van der Waals surface area contributed by atoms with Crippen LogP contribution in [0.4, 0.5) is 13.2 Å². The number of benzene rings is 3. The zero-order valence-corrected chi connectivity index (χ0v) is 21.4. The Labute approximate surface area is 216 Å². The molecule has 0 saturated heterocycles. The fourth-order valence-electron chi connectivity index (χ4n) is 3.96. The first kappa shape index (κ1) is 26.8. The third-order valence-electron chi connectivity index (χ3n) is 5.99. The third kappa shape index (κ3) is 5.22. The van der Waals surface area contributed by atoms with Gasteiger partial charge in [0.25, 0.3) is 0 Å². The molecule has 0 aliphatic rings. The van der Waals surface area contributed by atoms with Crippen LogP contribution in [0, 0.1) is 0 Å². The molecular weight excluding hydrogens is 501 g/mol. The zero-order chi connectivity index (χ0) is 27.8. The van der Waals surface area contributed by atoms with Crippen LogP contribution in [0.2, 0.25) is 0 Å². The average Bonchev–Trinajstić information content (AvgIpc) is 2.87. The molecule has 38 heavy (non-hydrogen) atoms. The summed E-state index contributed by atoms with van der Waals surface area (Å²) >= 11 is 0. The maximum Gasteiger partial charge on any atom is 0.450 e. The number of esters is 1. The summed E-state index contributed by atoms with van der Waals surface area (Å²) in [5.41, 5.74) is -0.828. The summed E-state index contributed by atoms with van der Waals surface area (Å²) in [7, 11) is 2.71. The average molecular weight is 527 g/mol. The molecule has 0 spiro atoms. The molecular formula is C29H25F3O6. The van der Waals surface area contributed by atoms with E-state index in [9.17, 15) is 22.8 Å². The van der Waals surface area contributed by atoms with Crippen LogP contribution in [0.5, 0.6) is 17.2 Å². The second-order valence-corrected chi connectivity index (χ2v) is 9.58. The molecule has 0 amide bonds. The number of carbonyl (C=O) groups excluding carboxylic acids is 1. The molecule has 0 unspecified atom stereocenters. The van der Waals surface area contributed by atoms with Gasteiger partial charge in [-0.2, -0.15) is 13.2 Å². The van der Waals surface area contributed by atoms with E-state index < -0.39 is 28.9 Å². The Kier molecular flexibility index (Phi) is 6.97. The van der Waals surface area contributed by atoms with E-state index in [1.165, 1.54) is 44.6 Å². The number of ether oxygens (including phenoxy) is 3. The lowest BCUT2D eigenvalue weighted by Crippen LogP contribution is -2.16. The molecule has 4 rings (SSSR count). The van der Waals surface area contributed by atoms with Crippen LogP contribution in [-0.2, 0) is 11.6 Å². The Balaban J connectivity index is 1.76. The van der Waals surface area contributed by atoms with Crippen LogP contribution < -0.4 is 19.6 Å². The first-order valence-corrected chi connectivity index (χ1v) is 11.6. The number of methoxy groups -OCH3 is 2. The molecule has 6 nitrogen and oxygen atoms in total. The predicted molar refractivity (Wildman–Crippen MR) is 136 cm³/mol. The largest absolute Gasteiger partial charge is 0.493 e. The zero-order valence-electron chi connectivity index (χ0n) is 21.4.